The van der Waals surface area contributed by atoms with Crippen molar-refractivity contribution >= 4 is 33.4 Å². The zero-order valence-corrected chi connectivity index (χ0v) is 14.3. The highest BCUT2D eigenvalue weighted by molar-refractivity contribution is 6.31. The Kier molecular flexibility index (Phi) is 3.83. The average molecular weight is 338 g/mol. The van der Waals surface area contributed by atoms with Crippen LogP contribution in [-0.4, -0.2) is 16.1 Å². The van der Waals surface area contributed by atoms with Crippen molar-refractivity contribution in [2.24, 2.45) is 12.8 Å². The van der Waals surface area contributed by atoms with Crippen molar-refractivity contribution in [1.29, 1.82) is 0 Å². The van der Waals surface area contributed by atoms with E-state index in [9.17, 15) is 0 Å². The number of hydrogen-bond donors (Lipinski definition) is 2. The molecule has 4 aromatic rings. The standard InChI is InChI=1S/C20H20ClN3/c1-24-12-18(17-7-6-15(21)9-20(17)24)13(10-22)8-14-11-23-19-5-3-2-4-16(14)19/h2-7,9,11-13,23H,8,10,22H2,1H3. The number of hydrogen-bond acceptors (Lipinski definition) is 1. The van der Waals surface area contributed by atoms with Crippen LogP contribution in [0.3, 0.4) is 0 Å². The van der Waals surface area contributed by atoms with Crippen molar-refractivity contribution in [2.45, 2.75) is 12.3 Å². The van der Waals surface area contributed by atoms with E-state index in [0.717, 1.165) is 17.0 Å². The van der Waals surface area contributed by atoms with Gasteiger partial charge >= 0.3 is 0 Å². The number of para-hydroxylation sites is 1. The molecule has 4 heteroatoms. The summed E-state index contributed by atoms with van der Waals surface area (Å²) in [6, 6.07) is 14.5. The van der Waals surface area contributed by atoms with Crippen LogP contribution < -0.4 is 5.73 Å². The first-order valence-electron chi connectivity index (χ1n) is 8.17. The first-order valence-corrected chi connectivity index (χ1v) is 8.54. The van der Waals surface area contributed by atoms with Gasteiger partial charge in [-0.05, 0) is 42.3 Å². The summed E-state index contributed by atoms with van der Waals surface area (Å²) in [7, 11) is 2.06. The highest BCUT2D eigenvalue weighted by Crippen LogP contribution is 2.32. The Balaban J connectivity index is 1.76. The number of rotatable bonds is 4. The number of H-pyrrole nitrogens is 1. The van der Waals surface area contributed by atoms with Crippen LogP contribution >= 0.6 is 11.6 Å². The predicted octanol–water partition coefficient (Wildman–Crippen LogP) is 4.60. The molecule has 4 rings (SSSR count). The van der Waals surface area contributed by atoms with Crippen molar-refractivity contribution < 1.29 is 0 Å². The molecular formula is C20H20ClN3. The monoisotopic (exact) mass is 337 g/mol. The summed E-state index contributed by atoms with van der Waals surface area (Å²) in [4.78, 5) is 3.36. The van der Waals surface area contributed by atoms with Crippen LogP contribution in [0.25, 0.3) is 21.8 Å². The molecule has 0 aliphatic heterocycles. The van der Waals surface area contributed by atoms with Gasteiger partial charge in [0.15, 0.2) is 0 Å². The van der Waals surface area contributed by atoms with Crippen molar-refractivity contribution in [3.05, 3.63) is 71.0 Å². The van der Waals surface area contributed by atoms with Crippen LogP contribution in [0, 0.1) is 0 Å². The zero-order valence-electron chi connectivity index (χ0n) is 13.6. The molecule has 2 aromatic carbocycles. The molecule has 0 aliphatic rings. The Bertz CT molecular complexity index is 1010. The normalized spacial score (nSPS) is 13.0. The molecule has 1 atom stereocenters. The Morgan fingerprint density at radius 1 is 1.17 bits per heavy atom. The first kappa shape index (κ1) is 15.3. The SMILES string of the molecule is Cn1cc(C(CN)Cc2c[nH]c3ccccc23)c2ccc(Cl)cc21. The number of halogens is 1. The van der Waals surface area contributed by atoms with Gasteiger partial charge in [-0.25, -0.2) is 0 Å². The number of nitrogens with zero attached hydrogens (tertiary/aromatic N) is 1. The Morgan fingerprint density at radius 3 is 2.83 bits per heavy atom. The third-order valence-corrected chi connectivity index (χ3v) is 5.08. The molecule has 0 aliphatic carbocycles. The summed E-state index contributed by atoms with van der Waals surface area (Å²) in [6.07, 6.45) is 5.21. The summed E-state index contributed by atoms with van der Waals surface area (Å²) >= 11 is 6.15. The van der Waals surface area contributed by atoms with Crippen LogP contribution in [0.1, 0.15) is 17.0 Å². The number of aromatic amines is 1. The van der Waals surface area contributed by atoms with E-state index in [1.54, 1.807) is 0 Å². The van der Waals surface area contributed by atoms with E-state index < -0.39 is 0 Å². The molecule has 0 saturated heterocycles. The largest absolute Gasteiger partial charge is 0.361 e. The van der Waals surface area contributed by atoms with Crippen molar-refractivity contribution in [3.8, 4) is 0 Å². The molecule has 2 aromatic heterocycles. The number of nitrogens with one attached hydrogen (secondary N) is 1. The van der Waals surface area contributed by atoms with Crippen LogP contribution in [0.5, 0.6) is 0 Å². The van der Waals surface area contributed by atoms with Crippen LogP contribution in [-0.2, 0) is 13.5 Å². The lowest BCUT2D eigenvalue weighted by atomic mass is 9.91. The first-order chi connectivity index (χ1) is 11.7. The van der Waals surface area contributed by atoms with E-state index in [1.165, 1.54) is 27.4 Å². The molecule has 122 valence electrons. The van der Waals surface area contributed by atoms with Gasteiger partial charge in [-0.3, -0.25) is 0 Å². The van der Waals surface area contributed by atoms with E-state index in [2.05, 4.69) is 59.3 Å². The molecule has 0 spiro atoms. The minimum atomic E-state index is 0.272. The molecule has 0 amide bonds. The number of fused-ring (bicyclic) bond motifs is 2. The lowest BCUT2D eigenvalue weighted by Gasteiger charge is -2.14. The van der Waals surface area contributed by atoms with Gasteiger partial charge in [0, 0.05) is 52.2 Å². The second-order valence-electron chi connectivity index (χ2n) is 6.35. The van der Waals surface area contributed by atoms with Gasteiger partial charge in [0.1, 0.15) is 0 Å². The van der Waals surface area contributed by atoms with Gasteiger partial charge in [-0.15, -0.1) is 0 Å². The third kappa shape index (κ3) is 2.50. The molecule has 0 bridgehead atoms. The van der Waals surface area contributed by atoms with Crippen molar-refractivity contribution in [1.82, 2.24) is 9.55 Å². The number of aryl methyl sites for hydroxylation is 1. The minimum absolute atomic E-state index is 0.272. The van der Waals surface area contributed by atoms with Crippen LogP contribution in [0.2, 0.25) is 5.02 Å². The molecule has 1 unspecified atom stereocenters. The molecule has 2 heterocycles. The number of benzene rings is 2. The highest BCUT2D eigenvalue weighted by Gasteiger charge is 2.18. The van der Waals surface area contributed by atoms with Gasteiger partial charge < -0.3 is 15.3 Å². The predicted molar refractivity (Wildman–Crippen MR) is 102 cm³/mol. The van der Waals surface area contributed by atoms with Gasteiger partial charge in [0.05, 0.1) is 0 Å². The molecule has 0 fully saturated rings. The summed E-state index contributed by atoms with van der Waals surface area (Å²) in [5.41, 5.74) is 11.1. The fraction of sp³-hybridized carbons (Fsp3) is 0.200. The van der Waals surface area contributed by atoms with E-state index in [-0.39, 0.29) is 5.92 Å². The van der Waals surface area contributed by atoms with Gasteiger partial charge in [-0.1, -0.05) is 35.9 Å². The summed E-state index contributed by atoms with van der Waals surface area (Å²) < 4.78 is 2.13. The maximum Gasteiger partial charge on any atom is 0.0495 e. The second kappa shape index (κ2) is 6.00. The molecule has 0 saturated carbocycles. The zero-order chi connectivity index (χ0) is 16.7. The van der Waals surface area contributed by atoms with Gasteiger partial charge in [-0.2, -0.15) is 0 Å². The van der Waals surface area contributed by atoms with E-state index in [1.807, 2.05) is 12.1 Å². The molecular weight excluding hydrogens is 318 g/mol. The maximum absolute atomic E-state index is 6.15. The minimum Gasteiger partial charge on any atom is -0.361 e. The Labute approximate surface area is 146 Å². The molecule has 3 N–H and O–H groups in total. The summed E-state index contributed by atoms with van der Waals surface area (Å²) in [6.45, 7) is 0.612. The van der Waals surface area contributed by atoms with E-state index >= 15 is 0 Å². The fourth-order valence-corrected chi connectivity index (χ4v) is 3.77. The molecule has 0 radical (unpaired) electrons. The number of nitrogens with two attached hydrogens (primary N) is 1. The third-order valence-electron chi connectivity index (χ3n) is 4.85. The second-order valence-corrected chi connectivity index (χ2v) is 6.79. The summed E-state index contributed by atoms with van der Waals surface area (Å²) in [5, 5.41) is 3.27. The lowest BCUT2D eigenvalue weighted by molar-refractivity contribution is 0.699. The van der Waals surface area contributed by atoms with Gasteiger partial charge in [0.25, 0.3) is 0 Å². The van der Waals surface area contributed by atoms with E-state index in [4.69, 9.17) is 17.3 Å². The fourth-order valence-electron chi connectivity index (χ4n) is 3.60. The van der Waals surface area contributed by atoms with Crippen molar-refractivity contribution in [3.63, 3.8) is 0 Å². The van der Waals surface area contributed by atoms with Crippen LogP contribution in [0.15, 0.2) is 54.9 Å². The van der Waals surface area contributed by atoms with E-state index in [0.29, 0.717) is 6.54 Å². The average Bonchev–Trinajstić information content (AvgIpc) is 3.14. The Morgan fingerprint density at radius 2 is 2.00 bits per heavy atom. The lowest BCUT2D eigenvalue weighted by Crippen LogP contribution is -2.14. The molecule has 3 nitrogen and oxygen atoms in total. The van der Waals surface area contributed by atoms with Crippen molar-refractivity contribution in [2.75, 3.05) is 6.54 Å². The summed E-state index contributed by atoms with van der Waals surface area (Å²) in [5.74, 6) is 0.272. The van der Waals surface area contributed by atoms with Gasteiger partial charge in [0.2, 0.25) is 0 Å². The topological polar surface area (TPSA) is 46.7 Å². The maximum atomic E-state index is 6.15. The smallest absolute Gasteiger partial charge is 0.0495 e. The Hall–Kier alpha value is -2.23. The van der Waals surface area contributed by atoms with Crippen LogP contribution in [0.4, 0.5) is 0 Å². The highest BCUT2D eigenvalue weighted by atomic mass is 35.5. The molecule has 24 heavy (non-hydrogen) atoms. The quantitative estimate of drug-likeness (QED) is 0.561. The number of aromatic nitrogens is 2.